The fourth-order valence-electron chi connectivity index (χ4n) is 4.89. The Hall–Kier alpha value is -5.39. The van der Waals surface area contributed by atoms with Crippen LogP contribution in [0.3, 0.4) is 0 Å². The molecule has 1 saturated heterocycles. The predicted molar refractivity (Wildman–Crippen MR) is 177 cm³/mol. The molecule has 1 unspecified atom stereocenters. The lowest BCUT2D eigenvalue weighted by Gasteiger charge is -2.39. The van der Waals surface area contributed by atoms with Crippen molar-refractivity contribution in [3.05, 3.63) is 71.8 Å². The minimum atomic E-state index is -0.952. The molecule has 1 heterocycles. The summed E-state index contributed by atoms with van der Waals surface area (Å²) in [6.07, 6.45) is 12.9. The van der Waals surface area contributed by atoms with E-state index < -0.39 is 12.0 Å². The van der Waals surface area contributed by atoms with Crippen LogP contribution in [0.25, 0.3) is 12.2 Å². The number of allylic oxidation sites excluding steroid dienone is 4. The van der Waals surface area contributed by atoms with Crippen LogP contribution in [0.15, 0.2) is 60.7 Å². The lowest BCUT2D eigenvalue weighted by Crippen LogP contribution is -2.59. The van der Waals surface area contributed by atoms with Gasteiger partial charge in [-0.15, -0.1) is 0 Å². The summed E-state index contributed by atoms with van der Waals surface area (Å²) in [6.45, 7) is 2.23. The quantitative estimate of drug-likeness (QED) is 0.167. The van der Waals surface area contributed by atoms with Crippen molar-refractivity contribution in [2.24, 2.45) is 0 Å². The molecule has 252 valence electrons. The third-order valence-corrected chi connectivity index (χ3v) is 7.19. The Morgan fingerprint density at radius 1 is 0.660 bits per heavy atom. The van der Waals surface area contributed by atoms with Crippen molar-refractivity contribution in [3.63, 3.8) is 0 Å². The van der Waals surface area contributed by atoms with E-state index in [-0.39, 0.29) is 38.1 Å². The van der Waals surface area contributed by atoms with E-state index in [9.17, 15) is 14.4 Å². The maximum Gasteiger partial charge on any atom is 0.330 e. The minimum Gasteiger partial charge on any atom is -0.493 e. The Kier molecular flexibility index (Phi) is 13.8. The molecule has 47 heavy (non-hydrogen) atoms. The van der Waals surface area contributed by atoms with Crippen molar-refractivity contribution in [1.29, 1.82) is 0 Å². The summed E-state index contributed by atoms with van der Waals surface area (Å²) in [4.78, 5) is 42.0. The molecule has 1 aliphatic rings. The van der Waals surface area contributed by atoms with E-state index in [2.05, 4.69) is 0 Å². The number of nitrogens with zero attached hydrogens (tertiary/aromatic N) is 2. The summed E-state index contributed by atoms with van der Waals surface area (Å²) >= 11 is 0. The van der Waals surface area contributed by atoms with Crippen LogP contribution in [0.1, 0.15) is 18.1 Å². The second-order valence-electron chi connectivity index (χ2n) is 9.94. The molecule has 2 aromatic rings. The van der Waals surface area contributed by atoms with Gasteiger partial charge in [-0.2, -0.15) is 0 Å². The fraction of sp³-hybridized carbons (Fsp3) is 0.343. The Morgan fingerprint density at radius 3 is 1.51 bits per heavy atom. The van der Waals surface area contributed by atoms with Crippen LogP contribution < -0.4 is 28.4 Å². The molecule has 0 spiro atoms. The van der Waals surface area contributed by atoms with E-state index in [1.54, 1.807) is 67.6 Å². The zero-order chi connectivity index (χ0) is 34.3. The number of carbonyl (C=O) groups is 3. The van der Waals surface area contributed by atoms with E-state index in [4.69, 9.17) is 33.2 Å². The van der Waals surface area contributed by atoms with Crippen molar-refractivity contribution in [2.75, 3.05) is 68.9 Å². The van der Waals surface area contributed by atoms with Crippen LogP contribution in [0.4, 0.5) is 0 Å². The van der Waals surface area contributed by atoms with Gasteiger partial charge < -0.3 is 43.0 Å². The molecule has 0 bridgehead atoms. The van der Waals surface area contributed by atoms with Gasteiger partial charge in [0.25, 0.3) is 0 Å². The molecule has 2 amide bonds. The first-order valence-electron chi connectivity index (χ1n) is 14.8. The highest BCUT2D eigenvalue weighted by atomic mass is 16.5. The van der Waals surface area contributed by atoms with Crippen LogP contribution in [0.2, 0.25) is 0 Å². The van der Waals surface area contributed by atoms with Crippen molar-refractivity contribution in [3.8, 4) is 34.5 Å². The predicted octanol–water partition coefficient (Wildman–Crippen LogP) is 4.18. The number of hydrogen-bond donors (Lipinski definition) is 0. The molecule has 0 aromatic heterocycles. The lowest BCUT2D eigenvalue weighted by atomic mass is 10.1. The van der Waals surface area contributed by atoms with Crippen molar-refractivity contribution in [1.82, 2.24) is 9.80 Å². The van der Waals surface area contributed by atoms with Gasteiger partial charge in [0.2, 0.25) is 23.3 Å². The molecule has 1 aliphatic heterocycles. The van der Waals surface area contributed by atoms with E-state index in [0.717, 1.165) is 11.1 Å². The number of esters is 1. The second kappa shape index (κ2) is 17.9. The zero-order valence-corrected chi connectivity index (χ0v) is 27.8. The van der Waals surface area contributed by atoms with Gasteiger partial charge in [-0.3, -0.25) is 9.59 Å². The average molecular weight is 651 g/mol. The molecule has 1 atom stereocenters. The van der Waals surface area contributed by atoms with Gasteiger partial charge in [0, 0.05) is 25.2 Å². The molecule has 12 nitrogen and oxygen atoms in total. The van der Waals surface area contributed by atoms with Gasteiger partial charge in [0.05, 0.1) is 55.8 Å². The number of piperazine rings is 1. The van der Waals surface area contributed by atoms with Crippen molar-refractivity contribution < 1.29 is 47.5 Å². The SMILES string of the molecule is CCOC(=O)C1CN(C(=O)C=CC=Cc2cc(OC)c(OC)c(OC)c2)CCN1C(=O)C=CC=Cc1cc(OC)c(OC)c(OC)c1. The third-order valence-electron chi connectivity index (χ3n) is 7.19. The number of hydrogen-bond acceptors (Lipinski definition) is 10. The van der Waals surface area contributed by atoms with Crippen LogP contribution in [-0.2, 0) is 19.1 Å². The monoisotopic (exact) mass is 650 g/mol. The molecule has 3 rings (SSSR count). The van der Waals surface area contributed by atoms with Gasteiger partial charge in [0.15, 0.2) is 23.0 Å². The first-order valence-corrected chi connectivity index (χ1v) is 14.8. The number of benzene rings is 2. The summed E-state index contributed by atoms with van der Waals surface area (Å²) < 4.78 is 37.5. The standard InChI is InChI=1S/C35H42N2O10/c1-8-47-35(40)26-23-36(31(38)15-11-9-13-24-19-27(41-2)33(45-6)28(20-24)42-3)17-18-37(26)32(39)16-12-10-14-25-21-29(43-4)34(46-7)30(22-25)44-5/h9-16,19-22,26H,8,17-18,23H2,1-7H3. The van der Waals surface area contributed by atoms with Gasteiger partial charge in [0.1, 0.15) is 6.04 Å². The van der Waals surface area contributed by atoms with Gasteiger partial charge in [-0.25, -0.2) is 4.79 Å². The molecule has 1 fully saturated rings. The highest BCUT2D eigenvalue weighted by molar-refractivity contribution is 5.94. The van der Waals surface area contributed by atoms with Crippen molar-refractivity contribution >= 4 is 29.9 Å². The first-order chi connectivity index (χ1) is 22.7. The molecule has 0 aliphatic carbocycles. The smallest absolute Gasteiger partial charge is 0.330 e. The topological polar surface area (TPSA) is 122 Å². The molecule has 12 heteroatoms. The number of ether oxygens (including phenoxy) is 7. The van der Waals surface area contributed by atoms with Crippen molar-refractivity contribution in [2.45, 2.75) is 13.0 Å². The van der Waals surface area contributed by atoms with Crippen LogP contribution in [0, 0.1) is 0 Å². The second-order valence-corrected chi connectivity index (χ2v) is 9.94. The number of amides is 2. The summed E-state index contributed by atoms with van der Waals surface area (Å²) in [5.74, 6) is 1.71. The summed E-state index contributed by atoms with van der Waals surface area (Å²) in [5, 5.41) is 0. The molecule has 2 aromatic carbocycles. The van der Waals surface area contributed by atoms with E-state index >= 15 is 0 Å². The van der Waals surface area contributed by atoms with Crippen LogP contribution in [-0.4, -0.2) is 103 Å². The molecule has 0 radical (unpaired) electrons. The average Bonchev–Trinajstić information content (AvgIpc) is 3.10. The summed E-state index contributed by atoms with van der Waals surface area (Å²) in [6, 6.07) is 6.17. The normalized spacial score (nSPS) is 15.0. The molecular formula is C35H42N2O10. The Balaban J connectivity index is 1.68. The molecule has 0 N–H and O–H groups in total. The van der Waals surface area contributed by atoms with E-state index in [1.165, 1.54) is 64.6 Å². The maximum atomic E-state index is 13.2. The highest BCUT2D eigenvalue weighted by Gasteiger charge is 2.36. The first kappa shape index (κ1) is 36.1. The van der Waals surface area contributed by atoms with Crippen LogP contribution in [0.5, 0.6) is 34.5 Å². The van der Waals surface area contributed by atoms with Gasteiger partial charge in [-0.1, -0.05) is 36.5 Å². The van der Waals surface area contributed by atoms with Gasteiger partial charge in [-0.05, 0) is 42.3 Å². The fourth-order valence-corrected chi connectivity index (χ4v) is 4.89. The maximum absolute atomic E-state index is 13.2. The Bertz CT molecular complexity index is 1480. The lowest BCUT2D eigenvalue weighted by molar-refractivity contribution is -0.158. The Morgan fingerprint density at radius 2 is 1.11 bits per heavy atom. The van der Waals surface area contributed by atoms with Gasteiger partial charge >= 0.3 is 5.97 Å². The summed E-state index contributed by atoms with van der Waals surface area (Å²) in [5.41, 5.74) is 1.54. The zero-order valence-electron chi connectivity index (χ0n) is 27.8. The number of rotatable bonds is 14. The molecular weight excluding hydrogens is 608 g/mol. The van der Waals surface area contributed by atoms with E-state index in [0.29, 0.717) is 34.5 Å². The minimum absolute atomic E-state index is 0.000540. The number of carbonyl (C=O) groups excluding carboxylic acids is 3. The largest absolute Gasteiger partial charge is 0.493 e. The highest BCUT2D eigenvalue weighted by Crippen LogP contribution is 2.39. The Labute approximate surface area is 275 Å². The third kappa shape index (κ3) is 9.32. The number of methoxy groups -OCH3 is 6. The van der Waals surface area contributed by atoms with E-state index in [1.807, 2.05) is 0 Å². The summed E-state index contributed by atoms with van der Waals surface area (Å²) in [7, 11) is 9.19. The van der Waals surface area contributed by atoms with Crippen LogP contribution >= 0.6 is 0 Å². The molecule has 0 saturated carbocycles.